The molecule has 0 fully saturated rings. The van der Waals surface area contributed by atoms with Crippen molar-refractivity contribution in [3.63, 3.8) is 0 Å². The van der Waals surface area contributed by atoms with Crippen LogP contribution in [0.15, 0.2) is 18.3 Å². The van der Waals surface area contributed by atoms with Gasteiger partial charge in [-0.2, -0.15) is 0 Å². The Kier molecular flexibility index (Phi) is 5.42. The summed E-state index contributed by atoms with van der Waals surface area (Å²) >= 11 is 0. The predicted molar refractivity (Wildman–Crippen MR) is 64.0 cm³/mol. The molecule has 0 amide bonds. The Labute approximate surface area is 101 Å². The minimum Gasteiger partial charge on any atom is -0.481 e. The van der Waals surface area contributed by atoms with E-state index in [9.17, 15) is 4.79 Å². The lowest BCUT2D eigenvalue weighted by Crippen LogP contribution is -2.19. The molecule has 0 radical (unpaired) electrons. The fraction of sp³-hybridized carbons (Fsp3) is 0.500. The van der Waals surface area contributed by atoms with Gasteiger partial charge in [0.1, 0.15) is 0 Å². The van der Waals surface area contributed by atoms with Crippen LogP contribution in [0.5, 0.6) is 5.88 Å². The van der Waals surface area contributed by atoms with Crippen molar-refractivity contribution < 1.29 is 14.6 Å². The van der Waals surface area contributed by atoms with Crippen LogP contribution in [0.1, 0.15) is 18.4 Å². The summed E-state index contributed by atoms with van der Waals surface area (Å²) in [6.07, 6.45) is 2.65. The van der Waals surface area contributed by atoms with Crippen LogP contribution in [0, 0.1) is 0 Å². The van der Waals surface area contributed by atoms with Gasteiger partial charge in [-0.1, -0.05) is 6.07 Å². The number of rotatable bonds is 7. The maximum atomic E-state index is 10.4. The average molecular weight is 238 g/mol. The highest BCUT2D eigenvalue weighted by Gasteiger charge is 2.03. The van der Waals surface area contributed by atoms with E-state index in [0.717, 1.165) is 18.7 Å². The number of carboxylic acids is 1. The summed E-state index contributed by atoms with van der Waals surface area (Å²) in [4.78, 5) is 16.6. The highest BCUT2D eigenvalue weighted by Crippen LogP contribution is 2.08. The van der Waals surface area contributed by atoms with Gasteiger partial charge in [0.05, 0.1) is 7.11 Å². The highest BCUT2D eigenvalue weighted by molar-refractivity contribution is 5.66. The lowest BCUT2D eigenvalue weighted by Gasteiger charge is -2.15. The Morgan fingerprint density at radius 2 is 2.29 bits per heavy atom. The number of aliphatic carboxylic acids is 1. The lowest BCUT2D eigenvalue weighted by molar-refractivity contribution is -0.137. The largest absolute Gasteiger partial charge is 0.481 e. The first-order valence-corrected chi connectivity index (χ1v) is 5.51. The smallest absolute Gasteiger partial charge is 0.303 e. The summed E-state index contributed by atoms with van der Waals surface area (Å²) in [5.41, 5.74) is 1.09. The molecule has 1 N–H and O–H groups in total. The molecule has 5 nitrogen and oxygen atoms in total. The van der Waals surface area contributed by atoms with E-state index in [0.29, 0.717) is 12.3 Å². The van der Waals surface area contributed by atoms with Crippen molar-refractivity contribution in [2.45, 2.75) is 19.4 Å². The average Bonchev–Trinajstić information content (AvgIpc) is 2.29. The molecule has 0 bridgehead atoms. The Morgan fingerprint density at radius 3 is 2.82 bits per heavy atom. The van der Waals surface area contributed by atoms with E-state index in [1.807, 2.05) is 19.2 Å². The number of carbonyl (C=O) groups is 1. The molecule has 1 aromatic heterocycles. The Morgan fingerprint density at radius 1 is 1.53 bits per heavy atom. The SMILES string of the molecule is COc1ccc(CN(C)CCCC(=O)O)cn1. The van der Waals surface area contributed by atoms with Gasteiger partial charge < -0.3 is 14.7 Å². The molecule has 0 atom stereocenters. The Bertz CT molecular complexity index is 351. The quantitative estimate of drug-likeness (QED) is 0.777. The zero-order valence-electron chi connectivity index (χ0n) is 10.2. The van der Waals surface area contributed by atoms with Gasteiger partial charge in [0.25, 0.3) is 0 Å². The van der Waals surface area contributed by atoms with E-state index >= 15 is 0 Å². The summed E-state index contributed by atoms with van der Waals surface area (Å²) in [5, 5.41) is 8.53. The van der Waals surface area contributed by atoms with Gasteiger partial charge in [0.2, 0.25) is 5.88 Å². The first-order valence-electron chi connectivity index (χ1n) is 5.51. The lowest BCUT2D eigenvalue weighted by atomic mass is 10.2. The number of hydrogen-bond donors (Lipinski definition) is 1. The third-order valence-corrected chi connectivity index (χ3v) is 2.39. The maximum absolute atomic E-state index is 10.4. The van der Waals surface area contributed by atoms with Crippen LogP contribution in [0.2, 0.25) is 0 Å². The Hall–Kier alpha value is -1.62. The van der Waals surface area contributed by atoms with Crippen molar-refractivity contribution in [1.82, 2.24) is 9.88 Å². The number of pyridine rings is 1. The molecule has 0 saturated heterocycles. The number of carboxylic acid groups (broad SMARTS) is 1. The van der Waals surface area contributed by atoms with Crippen LogP contribution in [0.3, 0.4) is 0 Å². The molecular formula is C12H18N2O3. The van der Waals surface area contributed by atoms with Gasteiger partial charge in [-0.3, -0.25) is 4.79 Å². The summed E-state index contributed by atoms with van der Waals surface area (Å²) in [5.74, 6) is -0.146. The van der Waals surface area contributed by atoms with Crippen LogP contribution < -0.4 is 4.74 Å². The van der Waals surface area contributed by atoms with E-state index < -0.39 is 5.97 Å². The second-order valence-electron chi connectivity index (χ2n) is 3.94. The second kappa shape index (κ2) is 6.85. The number of nitrogens with zero attached hydrogens (tertiary/aromatic N) is 2. The second-order valence-corrected chi connectivity index (χ2v) is 3.94. The maximum Gasteiger partial charge on any atom is 0.303 e. The van der Waals surface area contributed by atoms with Crippen molar-refractivity contribution in [2.75, 3.05) is 20.7 Å². The zero-order valence-corrected chi connectivity index (χ0v) is 10.2. The van der Waals surface area contributed by atoms with Crippen LogP contribution in [0.4, 0.5) is 0 Å². The van der Waals surface area contributed by atoms with Gasteiger partial charge >= 0.3 is 5.97 Å². The van der Waals surface area contributed by atoms with Crippen molar-refractivity contribution in [1.29, 1.82) is 0 Å². The van der Waals surface area contributed by atoms with Gasteiger partial charge in [-0.25, -0.2) is 4.98 Å². The van der Waals surface area contributed by atoms with Gasteiger partial charge in [0, 0.05) is 25.2 Å². The first-order chi connectivity index (χ1) is 8.11. The monoisotopic (exact) mass is 238 g/mol. The third kappa shape index (κ3) is 5.31. The normalized spacial score (nSPS) is 10.5. The molecule has 94 valence electrons. The van der Waals surface area contributed by atoms with Crippen molar-refractivity contribution in [2.24, 2.45) is 0 Å². The molecule has 0 aliphatic carbocycles. The third-order valence-electron chi connectivity index (χ3n) is 2.39. The van der Waals surface area contributed by atoms with E-state index in [4.69, 9.17) is 9.84 Å². The summed E-state index contributed by atoms with van der Waals surface area (Å²) < 4.78 is 4.98. The predicted octanol–water partition coefficient (Wildman–Crippen LogP) is 1.39. The van der Waals surface area contributed by atoms with E-state index in [1.54, 1.807) is 13.3 Å². The van der Waals surface area contributed by atoms with Crippen molar-refractivity contribution in [3.8, 4) is 5.88 Å². The molecule has 0 aliphatic rings. The fourth-order valence-electron chi connectivity index (χ4n) is 1.52. The molecule has 0 aliphatic heterocycles. The molecule has 5 heteroatoms. The summed E-state index contributed by atoms with van der Waals surface area (Å²) in [6.45, 7) is 1.52. The highest BCUT2D eigenvalue weighted by atomic mass is 16.5. The van der Waals surface area contributed by atoms with Crippen LogP contribution in [0.25, 0.3) is 0 Å². The van der Waals surface area contributed by atoms with E-state index in [2.05, 4.69) is 9.88 Å². The van der Waals surface area contributed by atoms with Gasteiger partial charge in [-0.05, 0) is 25.6 Å². The Balaban J connectivity index is 2.34. The number of ether oxygens (including phenoxy) is 1. The number of hydrogen-bond acceptors (Lipinski definition) is 4. The molecule has 0 spiro atoms. The summed E-state index contributed by atoms with van der Waals surface area (Å²) in [7, 11) is 3.55. The first kappa shape index (κ1) is 13.4. The van der Waals surface area contributed by atoms with Crippen molar-refractivity contribution >= 4 is 5.97 Å². The van der Waals surface area contributed by atoms with Crippen LogP contribution in [-0.2, 0) is 11.3 Å². The van der Waals surface area contributed by atoms with E-state index in [-0.39, 0.29) is 6.42 Å². The van der Waals surface area contributed by atoms with Crippen LogP contribution in [-0.4, -0.2) is 41.7 Å². The minimum atomic E-state index is -0.746. The number of aromatic nitrogens is 1. The van der Waals surface area contributed by atoms with Crippen molar-refractivity contribution in [3.05, 3.63) is 23.9 Å². The molecule has 0 saturated carbocycles. The molecule has 1 rings (SSSR count). The fourth-order valence-corrected chi connectivity index (χ4v) is 1.52. The van der Waals surface area contributed by atoms with E-state index in [1.165, 1.54) is 0 Å². The zero-order chi connectivity index (χ0) is 12.7. The summed E-state index contributed by atoms with van der Waals surface area (Å²) in [6, 6.07) is 3.78. The minimum absolute atomic E-state index is 0.213. The topological polar surface area (TPSA) is 62.7 Å². The van der Waals surface area contributed by atoms with Gasteiger partial charge in [-0.15, -0.1) is 0 Å². The number of methoxy groups -OCH3 is 1. The van der Waals surface area contributed by atoms with Gasteiger partial charge in [0.15, 0.2) is 0 Å². The van der Waals surface area contributed by atoms with Crippen LogP contribution >= 0.6 is 0 Å². The molecule has 17 heavy (non-hydrogen) atoms. The molecule has 1 heterocycles. The molecule has 0 unspecified atom stereocenters. The standard InChI is InChI=1S/C12H18N2O3/c1-14(7-3-4-12(15)16)9-10-5-6-11(17-2)13-8-10/h5-6,8H,3-4,7,9H2,1-2H3,(H,15,16). The molecule has 0 aromatic carbocycles. The molecule has 1 aromatic rings. The molecular weight excluding hydrogens is 220 g/mol.